The first kappa shape index (κ1) is 18.7. The summed E-state index contributed by atoms with van der Waals surface area (Å²) in [5.41, 5.74) is 5.66. The molecule has 0 N–H and O–H groups in total. The minimum absolute atomic E-state index is 0.231. The number of nitrogens with zero attached hydrogens (tertiary/aromatic N) is 4. The van der Waals surface area contributed by atoms with Crippen LogP contribution in [-0.4, -0.2) is 32.1 Å². The van der Waals surface area contributed by atoms with Crippen LogP contribution in [-0.2, 0) is 31.4 Å². The molecule has 28 heavy (non-hydrogen) atoms. The Balaban J connectivity index is 1.45. The molecule has 4 rings (SSSR count). The fourth-order valence-corrected chi connectivity index (χ4v) is 4.10. The average molecular weight is 380 g/mol. The average Bonchev–Trinajstić information content (AvgIpc) is 3.02. The number of aromatic nitrogens is 3. The lowest BCUT2D eigenvalue weighted by atomic mass is 9.96. The van der Waals surface area contributed by atoms with Gasteiger partial charge in [-0.1, -0.05) is 11.6 Å². The number of hydrogen-bond donors (Lipinski definition) is 0. The molecule has 0 saturated heterocycles. The second-order valence-electron chi connectivity index (χ2n) is 7.81. The first-order chi connectivity index (χ1) is 13.6. The van der Waals surface area contributed by atoms with E-state index in [1.165, 1.54) is 24.1 Å². The van der Waals surface area contributed by atoms with Gasteiger partial charge in [-0.2, -0.15) is 5.10 Å². The molecule has 0 bridgehead atoms. The molecule has 2 aromatic heterocycles. The van der Waals surface area contributed by atoms with Gasteiger partial charge in [-0.05, 0) is 44.2 Å². The number of amides is 1. The van der Waals surface area contributed by atoms with Crippen LogP contribution >= 0.6 is 0 Å². The number of ether oxygens (including phenoxy) is 1. The molecular formula is C22H28N4O2. The second kappa shape index (κ2) is 8.17. The lowest BCUT2D eigenvalue weighted by Gasteiger charge is -2.28. The van der Waals surface area contributed by atoms with E-state index in [9.17, 15) is 4.79 Å². The van der Waals surface area contributed by atoms with Crippen molar-refractivity contribution in [2.75, 3.05) is 6.54 Å². The van der Waals surface area contributed by atoms with E-state index in [1.807, 2.05) is 35.7 Å². The van der Waals surface area contributed by atoms with Crippen molar-refractivity contribution < 1.29 is 9.53 Å². The number of aryl methyl sites for hydroxylation is 2. The molecule has 0 saturated carbocycles. The highest BCUT2D eigenvalue weighted by molar-refractivity contribution is 5.79. The highest BCUT2D eigenvalue weighted by Gasteiger charge is 2.27. The summed E-state index contributed by atoms with van der Waals surface area (Å²) in [6.07, 6.45) is 10.1. The third kappa shape index (κ3) is 4.11. The van der Waals surface area contributed by atoms with E-state index in [0.29, 0.717) is 25.5 Å². The van der Waals surface area contributed by atoms with Gasteiger partial charge < -0.3 is 9.64 Å². The Labute approximate surface area is 166 Å². The van der Waals surface area contributed by atoms with Crippen LogP contribution in [0.4, 0.5) is 0 Å². The maximum Gasteiger partial charge on any atom is 0.226 e. The molecule has 1 amide bonds. The third-order valence-electron chi connectivity index (χ3n) is 5.69. The maximum atomic E-state index is 12.8. The quantitative estimate of drug-likeness (QED) is 0.745. The molecule has 2 aliphatic rings. The molecule has 2 aromatic rings. The van der Waals surface area contributed by atoms with E-state index in [-0.39, 0.29) is 5.91 Å². The number of fused-ring (bicyclic) bond motifs is 1. The summed E-state index contributed by atoms with van der Waals surface area (Å²) in [4.78, 5) is 19.1. The smallest absolute Gasteiger partial charge is 0.226 e. The highest BCUT2D eigenvalue weighted by Crippen LogP contribution is 2.26. The van der Waals surface area contributed by atoms with E-state index in [2.05, 4.69) is 16.2 Å². The van der Waals surface area contributed by atoms with Crippen molar-refractivity contribution in [1.29, 1.82) is 0 Å². The number of pyridine rings is 1. The van der Waals surface area contributed by atoms with Crippen LogP contribution < -0.4 is 4.74 Å². The minimum atomic E-state index is 0.231. The molecule has 148 valence electrons. The summed E-state index contributed by atoms with van der Waals surface area (Å²) in [6.45, 7) is 3.77. The predicted molar refractivity (Wildman–Crippen MR) is 107 cm³/mol. The zero-order valence-electron chi connectivity index (χ0n) is 16.8. The van der Waals surface area contributed by atoms with Gasteiger partial charge in [0.05, 0.1) is 0 Å². The monoisotopic (exact) mass is 380 g/mol. The van der Waals surface area contributed by atoms with Gasteiger partial charge in [0.15, 0.2) is 0 Å². The lowest BCUT2D eigenvalue weighted by molar-refractivity contribution is -0.131. The SMILES string of the molecule is Cc1ccnc(OCc2nn(C)c3c2CN(C(=O)CC2=CCCCC2)CC3)c1. The summed E-state index contributed by atoms with van der Waals surface area (Å²) in [5.74, 6) is 0.835. The van der Waals surface area contributed by atoms with Gasteiger partial charge in [-0.15, -0.1) is 0 Å². The molecule has 0 atom stereocenters. The van der Waals surface area contributed by atoms with Gasteiger partial charge in [-0.25, -0.2) is 4.98 Å². The van der Waals surface area contributed by atoms with E-state index in [4.69, 9.17) is 4.74 Å². The van der Waals surface area contributed by atoms with E-state index in [0.717, 1.165) is 42.6 Å². The zero-order chi connectivity index (χ0) is 19.5. The summed E-state index contributed by atoms with van der Waals surface area (Å²) in [6, 6.07) is 3.86. The van der Waals surface area contributed by atoms with Crippen LogP contribution in [0.15, 0.2) is 30.0 Å². The first-order valence-electron chi connectivity index (χ1n) is 10.1. The Bertz CT molecular complexity index is 900. The standard InChI is InChI=1S/C22H28N4O2/c1-16-8-10-23-21(12-16)28-15-19-18-14-26(11-9-20(18)25(2)24-19)22(27)13-17-6-4-3-5-7-17/h6,8,10,12H,3-5,7,9,11,13-15H2,1-2H3. The largest absolute Gasteiger partial charge is 0.471 e. The fourth-order valence-electron chi connectivity index (χ4n) is 4.10. The molecule has 6 nitrogen and oxygen atoms in total. The fraction of sp³-hybridized carbons (Fsp3) is 0.500. The van der Waals surface area contributed by atoms with Crippen LogP contribution in [0.25, 0.3) is 0 Å². The van der Waals surface area contributed by atoms with Crippen LogP contribution in [0.5, 0.6) is 5.88 Å². The number of allylic oxidation sites excluding steroid dienone is 1. The minimum Gasteiger partial charge on any atom is -0.471 e. The second-order valence-corrected chi connectivity index (χ2v) is 7.81. The predicted octanol–water partition coefficient (Wildman–Crippen LogP) is 3.48. The molecule has 1 aliphatic heterocycles. The molecule has 0 fully saturated rings. The van der Waals surface area contributed by atoms with Gasteiger partial charge >= 0.3 is 0 Å². The Morgan fingerprint density at radius 1 is 1.29 bits per heavy atom. The van der Waals surface area contributed by atoms with Gasteiger partial charge in [0.2, 0.25) is 11.8 Å². The number of carbonyl (C=O) groups is 1. The molecule has 3 heterocycles. The summed E-state index contributed by atoms with van der Waals surface area (Å²) >= 11 is 0. The van der Waals surface area contributed by atoms with E-state index in [1.54, 1.807) is 6.20 Å². The Kier molecular flexibility index (Phi) is 5.46. The van der Waals surface area contributed by atoms with Crippen molar-refractivity contribution in [3.63, 3.8) is 0 Å². The van der Waals surface area contributed by atoms with E-state index < -0.39 is 0 Å². The van der Waals surface area contributed by atoms with E-state index >= 15 is 0 Å². The van der Waals surface area contributed by atoms with Crippen LogP contribution in [0.1, 0.15) is 54.6 Å². The number of rotatable bonds is 5. The van der Waals surface area contributed by atoms with Crippen molar-refractivity contribution in [1.82, 2.24) is 19.7 Å². The van der Waals surface area contributed by atoms with Gasteiger partial charge in [-0.3, -0.25) is 9.48 Å². The summed E-state index contributed by atoms with van der Waals surface area (Å²) in [7, 11) is 1.97. The van der Waals surface area contributed by atoms with Crippen molar-refractivity contribution >= 4 is 5.91 Å². The zero-order valence-corrected chi connectivity index (χ0v) is 16.8. The molecule has 0 unspecified atom stereocenters. The van der Waals surface area contributed by atoms with Crippen LogP contribution in [0, 0.1) is 6.92 Å². The third-order valence-corrected chi connectivity index (χ3v) is 5.69. The Morgan fingerprint density at radius 2 is 2.18 bits per heavy atom. The topological polar surface area (TPSA) is 60.3 Å². The van der Waals surface area contributed by atoms with Gasteiger partial charge in [0.1, 0.15) is 12.3 Å². The highest BCUT2D eigenvalue weighted by atomic mass is 16.5. The normalized spacial score (nSPS) is 16.5. The molecule has 6 heteroatoms. The van der Waals surface area contributed by atoms with Gasteiger partial charge in [0.25, 0.3) is 0 Å². The molecular weight excluding hydrogens is 352 g/mol. The summed E-state index contributed by atoms with van der Waals surface area (Å²) < 4.78 is 7.80. The van der Waals surface area contributed by atoms with Crippen molar-refractivity contribution in [2.24, 2.45) is 7.05 Å². The Morgan fingerprint density at radius 3 is 2.96 bits per heavy atom. The van der Waals surface area contributed by atoms with Crippen molar-refractivity contribution in [2.45, 2.75) is 58.6 Å². The molecule has 0 spiro atoms. The lowest BCUT2D eigenvalue weighted by Crippen LogP contribution is -2.36. The maximum absolute atomic E-state index is 12.8. The van der Waals surface area contributed by atoms with Crippen molar-refractivity contribution in [3.05, 3.63) is 52.5 Å². The molecule has 1 aliphatic carbocycles. The number of hydrogen-bond acceptors (Lipinski definition) is 4. The summed E-state index contributed by atoms with van der Waals surface area (Å²) in [5, 5.41) is 4.65. The Hall–Kier alpha value is -2.63. The molecule has 0 radical (unpaired) electrons. The van der Waals surface area contributed by atoms with Crippen LogP contribution in [0.3, 0.4) is 0 Å². The van der Waals surface area contributed by atoms with Crippen LogP contribution in [0.2, 0.25) is 0 Å². The van der Waals surface area contributed by atoms with Gasteiger partial charge in [0, 0.05) is 56.5 Å². The van der Waals surface area contributed by atoms with Crippen molar-refractivity contribution in [3.8, 4) is 5.88 Å². The number of carbonyl (C=O) groups excluding carboxylic acids is 1. The molecule has 0 aromatic carbocycles. The first-order valence-corrected chi connectivity index (χ1v) is 10.1.